The van der Waals surface area contributed by atoms with E-state index < -0.39 is 0 Å². The monoisotopic (exact) mass is 497 g/mol. The van der Waals surface area contributed by atoms with E-state index in [2.05, 4.69) is 50.5 Å². The summed E-state index contributed by atoms with van der Waals surface area (Å²) in [6, 6.07) is 8.17. The van der Waals surface area contributed by atoms with Gasteiger partial charge in [0.1, 0.15) is 11.6 Å². The molecule has 1 fully saturated rings. The first kappa shape index (κ1) is 24.7. The molecule has 0 aliphatic heterocycles. The summed E-state index contributed by atoms with van der Waals surface area (Å²) < 4.78 is 1.80. The fraction of sp³-hybridized carbons (Fsp3) is 0.393. The molecule has 0 spiro atoms. The number of hydrogen-bond acceptors (Lipinski definition) is 7. The molecule has 4 aromatic rings. The quantitative estimate of drug-likeness (QED) is 0.291. The lowest BCUT2D eigenvalue weighted by atomic mass is 9.80. The highest BCUT2D eigenvalue weighted by molar-refractivity contribution is 5.52. The predicted molar refractivity (Wildman–Crippen MR) is 145 cm³/mol. The molecule has 0 saturated heterocycles. The van der Waals surface area contributed by atoms with Gasteiger partial charge in [0.25, 0.3) is 0 Å². The number of allylic oxidation sites excluding steroid dienone is 1. The standard InChI is InChI=1S/C28H35N9/c1-17-14-30-37(16-17)27-11-10-24(15-29-27)21(5)32-20(4)22-6-8-23(9-7-22)28-31-18(2)12-25(34-28)33-26-13-19(3)35-36-26/h10-16,21-23,32H,4,6-9H2,1-3,5H3,(H2,31,33,34,35,36)/t21-,22?,23?/m0/s1. The van der Waals surface area contributed by atoms with Crippen molar-refractivity contribution in [2.24, 2.45) is 5.92 Å². The second kappa shape index (κ2) is 10.5. The van der Waals surface area contributed by atoms with Gasteiger partial charge in [-0.15, -0.1) is 0 Å². The molecule has 1 aliphatic rings. The Hall–Kier alpha value is -4.01. The molecular formula is C28H35N9. The highest BCUT2D eigenvalue weighted by Crippen LogP contribution is 2.37. The fourth-order valence-electron chi connectivity index (χ4n) is 4.96. The zero-order chi connectivity index (χ0) is 25.9. The van der Waals surface area contributed by atoms with Crippen molar-refractivity contribution < 1.29 is 0 Å². The van der Waals surface area contributed by atoms with Crippen LogP contribution in [0, 0.1) is 26.7 Å². The van der Waals surface area contributed by atoms with Crippen LogP contribution in [-0.4, -0.2) is 34.9 Å². The lowest BCUT2D eigenvalue weighted by Gasteiger charge is -2.31. The molecule has 0 unspecified atom stereocenters. The fourth-order valence-corrected chi connectivity index (χ4v) is 4.96. The van der Waals surface area contributed by atoms with Gasteiger partial charge in [0.2, 0.25) is 0 Å². The molecule has 192 valence electrons. The summed E-state index contributed by atoms with van der Waals surface area (Å²) in [5.41, 5.74) is 5.31. The van der Waals surface area contributed by atoms with Crippen molar-refractivity contribution in [1.29, 1.82) is 0 Å². The van der Waals surface area contributed by atoms with Gasteiger partial charge in [0, 0.05) is 53.6 Å². The van der Waals surface area contributed by atoms with Gasteiger partial charge in [-0.25, -0.2) is 19.6 Å². The second-order valence-corrected chi connectivity index (χ2v) is 10.2. The molecule has 9 heteroatoms. The number of rotatable bonds is 8. The van der Waals surface area contributed by atoms with Crippen molar-refractivity contribution in [3.63, 3.8) is 0 Å². The van der Waals surface area contributed by atoms with Crippen molar-refractivity contribution in [3.8, 4) is 5.82 Å². The largest absolute Gasteiger partial charge is 0.382 e. The van der Waals surface area contributed by atoms with Crippen LogP contribution in [0.1, 0.15) is 72.9 Å². The molecule has 1 saturated carbocycles. The van der Waals surface area contributed by atoms with E-state index in [-0.39, 0.29) is 6.04 Å². The molecule has 0 bridgehead atoms. The molecule has 5 rings (SSSR count). The molecule has 0 radical (unpaired) electrons. The summed E-state index contributed by atoms with van der Waals surface area (Å²) in [6.45, 7) is 12.6. The van der Waals surface area contributed by atoms with Crippen molar-refractivity contribution in [1.82, 2.24) is 40.2 Å². The third-order valence-corrected chi connectivity index (χ3v) is 7.04. The van der Waals surface area contributed by atoms with E-state index in [1.807, 2.05) is 57.6 Å². The SMILES string of the molecule is C=C(N[C@@H](C)c1ccc(-n2cc(C)cn2)nc1)C1CCC(c2nc(C)cc(Nc3cc(C)[nH]n3)n2)CC1. The summed E-state index contributed by atoms with van der Waals surface area (Å²) >= 11 is 0. The number of anilines is 2. The molecular weight excluding hydrogens is 462 g/mol. The average Bonchev–Trinajstić information content (AvgIpc) is 3.51. The lowest BCUT2D eigenvalue weighted by Crippen LogP contribution is -2.26. The third kappa shape index (κ3) is 5.87. The number of nitrogens with one attached hydrogen (secondary N) is 3. The zero-order valence-electron chi connectivity index (χ0n) is 22.0. The van der Waals surface area contributed by atoms with Gasteiger partial charge in [-0.2, -0.15) is 10.2 Å². The highest BCUT2D eigenvalue weighted by atomic mass is 15.3. The topological polar surface area (TPSA) is 109 Å². The Kier molecular flexibility index (Phi) is 7.03. The highest BCUT2D eigenvalue weighted by Gasteiger charge is 2.27. The Bertz CT molecular complexity index is 1360. The van der Waals surface area contributed by atoms with Crippen LogP contribution >= 0.6 is 0 Å². The van der Waals surface area contributed by atoms with Crippen molar-refractivity contribution in [2.75, 3.05) is 5.32 Å². The van der Waals surface area contributed by atoms with Gasteiger partial charge >= 0.3 is 0 Å². The van der Waals surface area contributed by atoms with E-state index in [1.165, 1.54) is 0 Å². The molecule has 0 aromatic carbocycles. The number of nitrogens with zero attached hydrogens (tertiary/aromatic N) is 6. The minimum atomic E-state index is 0.130. The van der Waals surface area contributed by atoms with E-state index in [9.17, 15) is 0 Å². The van der Waals surface area contributed by atoms with Crippen LogP contribution in [0.5, 0.6) is 0 Å². The van der Waals surface area contributed by atoms with Gasteiger partial charge in [-0.3, -0.25) is 5.10 Å². The van der Waals surface area contributed by atoms with Crippen molar-refractivity contribution >= 4 is 11.6 Å². The summed E-state index contributed by atoms with van der Waals surface area (Å²) in [7, 11) is 0. The maximum Gasteiger partial charge on any atom is 0.153 e. The lowest BCUT2D eigenvalue weighted by molar-refractivity contribution is 0.338. The Morgan fingerprint density at radius 2 is 1.86 bits per heavy atom. The van der Waals surface area contributed by atoms with Gasteiger partial charge in [-0.05, 0) is 76.5 Å². The van der Waals surface area contributed by atoms with Crippen LogP contribution in [0.15, 0.2) is 55.1 Å². The van der Waals surface area contributed by atoms with E-state index >= 15 is 0 Å². The number of aromatic amines is 1. The summed E-state index contributed by atoms with van der Waals surface area (Å²) in [4.78, 5) is 14.2. The van der Waals surface area contributed by atoms with Crippen LogP contribution in [0.3, 0.4) is 0 Å². The van der Waals surface area contributed by atoms with Crippen molar-refractivity contribution in [3.05, 3.63) is 83.5 Å². The second-order valence-electron chi connectivity index (χ2n) is 10.2. The third-order valence-electron chi connectivity index (χ3n) is 7.04. The van der Waals surface area contributed by atoms with Gasteiger partial charge in [-0.1, -0.05) is 12.6 Å². The number of H-pyrrole nitrogens is 1. The number of hydrogen-bond donors (Lipinski definition) is 3. The first-order chi connectivity index (χ1) is 17.8. The minimum Gasteiger partial charge on any atom is -0.382 e. The molecule has 9 nitrogen and oxygen atoms in total. The Morgan fingerprint density at radius 3 is 2.51 bits per heavy atom. The van der Waals surface area contributed by atoms with Crippen LogP contribution in [-0.2, 0) is 0 Å². The Balaban J connectivity index is 1.16. The first-order valence-corrected chi connectivity index (χ1v) is 12.9. The number of pyridine rings is 1. The maximum absolute atomic E-state index is 4.82. The van der Waals surface area contributed by atoms with E-state index in [0.717, 1.165) is 77.2 Å². The molecule has 0 amide bonds. The smallest absolute Gasteiger partial charge is 0.153 e. The maximum atomic E-state index is 4.82. The molecule has 3 N–H and O–H groups in total. The number of aryl methyl sites for hydroxylation is 3. The average molecular weight is 498 g/mol. The van der Waals surface area contributed by atoms with Crippen LogP contribution < -0.4 is 10.6 Å². The normalized spacial score (nSPS) is 18.4. The van der Waals surface area contributed by atoms with Gasteiger partial charge in [0.15, 0.2) is 11.6 Å². The van der Waals surface area contributed by atoms with Crippen LogP contribution in [0.2, 0.25) is 0 Å². The Labute approximate surface area is 217 Å². The van der Waals surface area contributed by atoms with E-state index in [1.54, 1.807) is 4.68 Å². The van der Waals surface area contributed by atoms with Crippen LogP contribution in [0.4, 0.5) is 11.6 Å². The van der Waals surface area contributed by atoms with E-state index in [4.69, 9.17) is 9.97 Å². The van der Waals surface area contributed by atoms with E-state index in [0.29, 0.717) is 11.8 Å². The molecule has 4 heterocycles. The van der Waals surface area contributed by atoms with Crippen LogP contribution in [0.25, 0.3) is 5.82 Å². The van der Waals surface area contributed by atoms with Gasteiger partial charge < -0.3 is 10.6 Å². The molecule has 1 aliphatic carbocycles. The summed E-state index contributed by atoms with van der Waals surface area (Å²) in [6.07, 6.45) is 9.95. The molecule has 4 aromatic heterocycles. The minimum absolute atomic E-state index is 0.130. The molecule has 37 heavy (non-hydrogen) atoms. The summed E-state index contributed by atoms with van der Waals surface area (Å²) in [5.74, 6) is 4.08. The van der Waals surface area contributed by atoms with Gasteiger partial charge in [0.05, 0.1) is 6.20 Å². The Morgan fingerprint density at radius 1 is 1.05 bits per heavy atom. The molecule has 1 atom stereocenters. The summed E-state index contributed by atoms with van der Waals surface area (Å²) in [5, 5.41) is 18.5. The van der Waals surface area contributed by atoms with Crippen molar-refractivity contribution in [2.45, 2.75) is 65.3 Å². The first-order valence-electron chi connectivity index (χ1n) is 12.9. The zero-order valence-corrected chi connectivity index (χ0v) is 22.0. The number of aromatic nitrogens is 7. The predicted octanol–water partition coefficient (Wildman–Crippen LogP) is 5.59.